The highest BCUT2D eigenvalue weighted by Crippen LogP contribution is 2.28. The van der Waals surface area contributed by atoms with Crippen LogP contribution in [0.2, 0.25) is 0 Å². The third-order valence-corrected chi connectivity index (χ3v) is 4.17. The Hall–Kier alpha value is -1.69. The van der Waals surface area contributed by atoms with Crippen molar-refractivity contribution in [1.82, 2.24) is 10.2 Å². The summed E-state index contributed by atoms with van der Waals surface area (Å²) in [6, 6.07) is 6.20. The summed E-state index contributed by atoms with van der Waals surface area (Å²) in [5.41, 5.74) is 0.690. The number of hydrogen-bond acceptors (Lipinski definition) is 4. The summed E-state index contributed by atoms with van der Waals surface area (Å²) in [4.78, 5) is 24.9. The van der Waals surface area contributed by atoms with E-state index in [2.05, 4.69) is 5.32 Å². The molecule has 1 fully saturated rings. The van der Waals surface area contributed by atoms with E-state index in [-0.39, 0.29) is 22.9 Å². The van der Waals surface area contributed by atoms with Crippen LogP contribution >= 0.6 is 11.8 Å². The highest BCUT2D eigenvalue weighted by Gasteiger charge is 2.32. The minimum absolute atomic E-state index is 0.144. The van der Waals surface area contributed by atoms with Crippen molar-refractivity contribution in [2.24, 2.45) is 0 Å². The van der Waals surface area contributed by atoms with E-state index in [9.17, 15) is 14.7 Å². The number of phenols is 1. The Morgan fingerprint density at radius 2 is 2.21 bits per heavy atom. The van der Waals surface area contributed by atoms with Crippen molar-refractivity contribution in [2.45, 2.75) is 19.0 Å². The van der Waals surface area contributed by atoms with Gasteiger partial charge in [0, 0.05) is 18.4 Å². The summed E-state index contributed by atoms with van der Waals surface area (Å²) in [5, 5.41) is 12.3. The van der Waals surface area contributed by atoms with Crippen molar-refractivity contribution in [3.63, 3.8) is 0 Å². The molecule has 2 atom stereocenters. The molecule has 1 aliphatic rings. The third kappa shape index (κ3) is 2.84. The molecule has 0 radical (unpaired) electrons. The van der Waals surface area contributed by atoms with Gasteiger partial charge in [0.15, 0.2) is 0 Å². The highest BCUT2D eigenvalue weighted by atomic mass is 32.2. The molecule has 0 bridgehead atoms. The van der Waals surface area contributed by atoms with Crippen molar-refractivity contribution in [2.75, 3.05) is 12.8 Å². The van der Waals surface area contributed by atoms with Crippen LogP contribution in [0.25, 0.3) is 0 Å². The minimum Gasteiger partial charge on any atom is -0.508 e. The summed E-state index contributed by atoms with van der Waals surface area (Å²) in [5.74, 6) is 0.476. The fraction of sp³-hybridized carbons (Fsp3) is 0.385. The lowest BCUT2D eigenvalue weighted by atomic mass is 10.1. The molecule has 1 heterocycles. The number of nitrogens with zero attached hydrogens (tertiary/aromatic N) is 1. The van der Waals surface area contributed by atoms with Gasteiger partial charge in [0.1, 0.15) is 11.8 Å². The Morgan fingerprint density at radius 1 is 1.53 bits per heavy atom. The van der Waals surface area contributed by atoms with Gasteiger partial charge in [0.2, 0.25) is 5.91 Å². The number of carbonyl (C=O) groups is 2. The number of para-hydroxylation sites is 1. The van der Waals surface area contributed by atoms with Crippen LogP contribution < -0.4 is 5.32 Å². The molecule has 2 unspecified atom stereocenters. The highest BCUT2D eigenvalue weighted by molar-refractivity contribution is 8.14. The number of carbonyl (C=O) groups excluding carboxylic acids is 2. The smallest absolute Gasteiger partial charge is 0.279 e. The number of rotatable bonds is 3. The molecule has 6 heteroatoms. The molecule has 0 saturated carbocycles. The monoisotopic (exact) mass is 280 g/mol. The van der Waals surface area contributed by atoms with Crippen LogP contribution in [0.4, 0.5) is 4.79 Å². The normalized spacial score (nSPS) is 19.9. The maximum Gasteiger partial charge on any atom is 0.279 e. The summed E-state index contributed by atoms with van der Waals surface area (Å²) >= 11 is 1.11. The van der Waals surface area contributed by atoms with Crippen LogP contribution in [-0.4, -0.2) is 40.0 Å². The van der Waals surface area contributed by atoms with Crippen molar-refractivity contribution in [3.8, 4) is 5.75 Å². The third-order valence-electron chi connectivity index (χ3n) is 3.29. The molecule has 0 spiro atoms. The summed E-state index contributed by atoms with van der Waals surface area (Å²) < 4.78 is 0. The summed E-state index contributed by atoms with van der Waals surface area (Å²) in [6.45, 7) is 1.84. The number of nitrogens with one attached hydrogen (secondary N) is 1. The number of likely N-dealkylation sites (N-methyl/N-ethyl adjacent to an activating group) is 1. The van der Waals surface area contributed by atoms with Crippen molar-refractivity contribution >= 4 is 22.9 Å². The number of benzene rings is 1. The van der Waals surface area contributed by atoms with Gasteiger partial charge in [-0.15, -0.1) is 0 Å². The largest absolute Gasteiger partial charge is 0.508 e. The molecule has 2 rings (SSSR count). The molecule has 0 aromatic heterocycles. The van der Waals surface area contributed by atoms with E-state index in [0.717, 1.165) is 11.8 Å². The van der Waals surface area contributed by atoms with Gasteiger partial charge in [-0.25, -0.2) is 0 Å². The van der Waals surface area contributed by atoms with E-state index in [4.69, 9.17) is 0 Å². The van der Waals surface area contributed by atoms with Gasteiger partial charge in [-0.2, -0.15) is 0 Å². The number of amides is 2. The topological polar surface area (TPSA) is 69.6 Å². The Balaban J connectivity index is 2.11. The average Bonchev–Trinajstić information content (AvgIpc) is 2.83. The van der Waals surface area contributed by atoms with Gasteiger partial charge in [-0.05, 0) is 13.0 Å². The molecular weight excluding hydrogens is 264 g/mol. The van der Waals surface area contributed by atoms with Crippen molar-refractivity contribution in [1.29, 1.82) is 0 Å². The minimum atomic E-state index is -0.476. The summed E-state index contributed by atoms with van der Waals surface area (Å²) in [6.07, 6.45) is 0. The van der Waals surface area contributed by atoms with E-state index in [0.29, 0.717) is 11.3 Å². The first-order chi connectivity index (χ1) is 9.00. The first-order valence-corrected chi connectivity index (χ1v) is 6.97. The van der Waals surface area contributed by atoms with E-state index in [1.807, 2.05) is 13.0 Å². The van der Waals surface area contributed by atoms with Crippen LogP contribution in [0.5, 0.6) is 5.75 Å². The Labute approximate surface area is 116 Å². The first-order valence-electron chi connectivity index (χ1n) is 5.98. The van der Waals surface area contributed by atoms with Crippen LogP contribution in [-0.2, 0) is 4.79 Å². The van der Waals surface area contributed by atoms with Crippen LogP contribution in [0, 0.1) is 0 Å². The standard InChI is InChI=1S/C13H16N2O3S/c1-8(9-5-3-4-6-11(9)16)15(2)12(17)10-7-19-13(18)14-10/h3-6,8,10,16H,7H2,1-2H3,(H,14,18). The van der Waals surface area contributed by atoms with Crippen LogP contribution in [0.15, 0.2) is 24.3 Å². The first kappa shape index (κ1) is 13.7. The molecule has 5 nitrogen and oxygen atoms in total. The molecular formula is C13H16N2O3S. The fourth-order valence-corrected chi connectivity index (χ4v) is 2.77. The predicted molar refractivity (Wildman–Crippen MR) is 74.1 cm³/mol. The molecule has 1 aromatic rings. The van der Waals surface area contributed by atoms with Crippen molar-refractivity contribution in [3.05, 3.63) is 29.8 Å². The van der Waals surface area contributed by atoms with Gasteiger partial charge in [0.25, 0.3) is 5.24 Å². The van der Waals surface area contributed by atoms with Crippen molar-refractivity contribution < 1.29 is 14.7 Å². The molecule has 1 aromatic carbocycles. The van der Waals surface area contributed by atoms with E-state index in [1.54, 1.807) is 30.1 Å². The zero-order chi connectivity index (χ0) is 14.0. The Kier molecular flexibility index (Phi) is 3.99. The lowest BCUT2D eigenvalue weighted by Gasteiger charge is -2.28. The van der Waals surface area contributed by atoms with E-state index >= 15 is 0 Å². The van der Waals surface area contributed by atoms with Crippen LogP contribution in [0.1, 0.15) is 18.5 Å². The van der Waals surface area contributed by atoms with Crippen LogP contribution in [0.3, 0.4) is 0 Å². The molecule has 1 aliphatic heterocycles. The zero-order valence-electron chi connectivity index (χ0n) is 10.8. The van der Waals surface area contributed by atoms with E-state index in [1.165, 1.54) is 0 Å². The molecule has 2 N–H and O–H groups in total. The second-order valence-corrected chi connectivity index (χ2v) is 5.47. The fourth-order valence-electron chi connectivity index (χ4n) is 2.00. The number of thioether (sulfide) groups is 1. The van der Waals surface area contributed by atoms with Gasteiger partial charge in [0.05, 0.1) is 6.04 Å². The number of phenolic OH excluding ortho intramolecular Hbond substituents is 1. The van der Waals surface area contributed by atoms with Gasteiger partial charge in [-0.1, -0.05) is 30.0 Å². The SMILES string of the molecule is CC(c1ccccc1O)N(C)C(=O)C1CSC(=O)N1. The second kappa shape index (κ2) is 5.52. The number of hydrogen-bond donors (Lipinski definition) is 2. The lowest BCUT2D eigenvalue weighted by molar-refractivity contribution is -0.133. The summed E-state index contributed by atoms with van der Waals surface area (Å²) in [7, 11) is 1.68. The Morgan fingerprint density at radius 3 is 2.79 bits per heavy atom. The molecule has 102 valence electrons. The quantitative estimate of drug-likeness (QED) is 0.885. The molecule has 2 amide bonds. The van der Waals surface area contributed by atoms with Gasteiger partial charge >= 0.3 is 0 Å². The maximum atomic E-state index is 12.2. The zero-order valence-corrected chi connectivity index (χ0v) is 11.6. The maximum absolute atomic E-state index is 12.2. The van der Waals surface area contributed by atoms with Gasteiger partial charge < -0.3 is 15.3 Å². The van der Waals surface area contributed by atoms with E-state index < -0.39 is 6.04 Å². The average molecular weight is 280 g/mol. The number of aromatic hydroxyl groups is 1. The molecule has 19 heavy (non-hydrogen) atoms. The molecule has 0 aliphatic carbocycles. The second-order valence-electron chi connectivity index (χ2n) is 4.48. The predicted octanol–water partition coefficient (Wildman–Crippen LogP) is 1.74. The Bertz CT molecular complexity index is 506. The lowest BCUT2D eigenvalue weighted by Crippen LogP contribution is -2.44. The van der Waals surface area contributed by atoms with Gasteiger partial charge in [-0.3, -0.25) is 9.59 Å². The molecule has 1 saturated heterocycles.